The molecule has 1 aromatic carbocycles. The fourth-order valence-electron chi connectivity index (χ4n) is 2.29. The van der Waals surface area contributed by atoms with Gasteiger partial charge in [0, 0.05) is 19.1 Å². The summed E-state index contributed by atoms with van der Waals surface area (Å²) in [4.78, 5) is 0.306. The number of hydrogen-bond acceptors (Lipinski definition) is 4. The normalized spacial score (nSPS) is 20.6. The zero-order valence-electron chi connectivity index (χ0n) is 12.2. The van der Waals surface area contributed by atoms with Crippen LogP contribution in [0.25, 0.3) is 0 Å². The molecule has 5 nitrogen and oxygen atoms in total. The molecule has 1 aliphatic rings. The zero-order chi connectivity index (χ0) is 14.9. The summed E-state index contributed by atoms with van der Waals surface area (Å²) in [6.45, 7) is 6.62. The Morgan fingerprint density at radius 3 is 2.60 bits per heavy atom. The smallest absolute Gasteiger partial charge is 0.243 e. The minimum absolute atomic E-state index is 0.0607. The van der Waals surface area contributed by atoms with Crippen molar-refractivity contribution in [2.45, 2.75) is 44.2 Å². The number of rotatable bonds is 4. The Kier molecular flexibility index (Phi) is 4.36. The van der Waals surface area contributed by atoms with E-state index in [1.165, 1.54) is 4.31 Å². The summed E-state index contributed by atoms with van der Waals surface area (Å²) in [5.74, 6) is 0.720. The zero-order valence-corrected chi connectivity index (χ0v) is 13.0. The summed E-state index contributed by atoms with van der Waals surface area (Å²) in [7, 11) is -3.44. The number of nitrogens with two attached hydrogens (primary N) is 1. The van der Waals surface area contributed by atoms with Crippen molar-refractivity contribution in [3.8, 4) is 5.75 Å². The molecule has 2 N–H and O–H groups in total. The molecule has 0 amide bonds. The van der Waals surface area contributed by atoms with Gasteiger partial charge in [-0.05, 0) is 51.0 Å². The van der Waals surface area contributed by atoms with Gasteiger partial charge in [-0.25, -0.2) is 8.42 Å². The van der Waals surface area contributed by atoms with Crippen molar-refractivity contribution in [1.29, 1.82) is 0 Å². The summed E-state index contributed by atoms with van der Waals surface area (Å²) in [6.07, 6.45) is 0.778. The molecule has 6 heteroatoms. The number of aryl methyl sites for hydroxylation is 1. The van der Waals surface area contributed by atoms with E-state index in [4.69, 9.17) is 10.5 Å². The van der Waals surface area contributed by atoms with Gasteiger partial charge in [0.25, 0.3) is 0 Å². The molecular formula is C14H22N2O3S. The molecule has 1 aromatic rings. The van der Waals surface area contributed by atoms with Crippen LogP contribution in [0.1, 0.15) is 25.8 Å². The first-order valence-corrected chi connectivity index (χ1v) is 8.27. The standard InChI is InChI=1S/C14H22N2O3S/c1-10(2)19-14-5-4-13(8-11(14)3)20(17,18)16-7-6-12(15)9-16/h4-5,8,10,12H,6-7,9,15H2,1-3H3/t12-/m1/s1. The fourth-order valence-corrected chi connectivity index (χ4v) is 3.89. The van der Waals surface area contributed by atoms with Crippen LogP contribution in [0.5, 0.6) is 5.75 Å². The second kappa shape index (κ2) is 5.71. The quantitative estimate of drug-likeness (QED) is 0.914. The lowest BCUT2D eigenvalue weighted by atomic mass is 10.2. The molecule has 1 saturated heterocycles. The van der Waals surface area contributed by atoms with Crippen LogP contribution in [-0.4, -0.2) is 38.0 Å². The van der Waals surface area contributed by atoms with Crippen molar-refractivity contribution < 1.29 is 13.2 Å². The van der Waals surface area contributed by atoms with Crippen LogP contribution in [0.4, 0.5) is 0 Å². The van der Waals surface area contributed by atoms with Gasteiger partial charge >= 0.3 is 0 Å². The maximum Gasteiger partial charge on any atom is 0.243 e. The van der Waals surface area contributed by atoms with Crippen molar-refractivity contribution in [2.75, 3.05) is 13.1 Å². The van der Waals surface area contributed by atoms with E-state index in [-0.39, 0.29) is 12.1 Å². The van der Waals surface area contributed by atoms with Crippen molar-refractivity contribution >= 4 is 10.0 Å². The van der Waals surface area contributed by atoms with E-state index in [0.29, 0.717) is 24.4 Å². The van der Waals surface area contributed by atoms with E-state index in [2.05, 4.69) is 0 Å². The Hall–Kier alpha value is -1.11. The molecule has 20 heavy (non-hydrogen) atoms. The largest absolute Gasteiger partial charge is 0.491 e. The first-order chi connectivity index (χ1) is 9.30. The van der Waals surface area contributed by atoms with Crippen molar-refractivity contribution in [1.82, 2.24) is 4.31 Å². The summed E-state index contributed by atoms with van der Waals surface area (Å²) in [6, 6.07) is 4.92. The molecule has 0 bridgehead atoms. The molecule has 0 unspecified atom stereocenters. The molecule has 112 valence electrons. The van der Waals surface area contributed by atoms with E-state index >= 15 is 0 Å². The maximum absolute atomic E-state index is 12.5. The predicted molar refractivity (Wildman–Crippen MR) is 78.3 cm³/mol. The summed E-state index contributed by atoms with van der Waals surface area (Å²) in [5.41, 5.74) is 6.61. The molecule has 1 atom stereocenters. The Labute approximate surface area is 120 Å². The Morgan fingerprint density at radius 1 is 1.40 bits per heavy atom. The average molecular weight is 298 g/mol. The third-order valence-corrected chi connectivity index (χ3v) is 5.20. The Morgan fingerprint density at radius 2 is 2.10 bits per heavy atom. The molecule has 1 fully saturated rings. The molecule has 2 rings (SSSR count). The summed E-state index contributed by atoms with van der Waals surface area (Å²) in [5, 5.41) is 0. The van der Waals surface area contributed by atoms with E-state index in [1.54, 1.807) is 18.2 Å². The molecule has 0 saturated carbocycles. The van der Waals surface area contributed by atoms with Gasteiger partial charge in [-0.15, -0.1) is 0 Å². The SMILES string of the molecule is Cc1cc(S(=O)(=O)N2CC[C@@H](N)C2)ccc1OC(C)C. The van der Waals surface area contributed by atoms with Gasteiger partial charge in [0.05, 0.1) is 11.0 Å². The highest BCUT2D eigenvalue weighted by molar-refractivity contribution is 7.89. The van der Waals surface area contributed by atoms with E-state index in [9.17, 15) is 8.42 Å². The number of ether oxygens (including phenoxy) is 1. The molecule has 1 aliphatic heterocycles. The molecule has 0 radical (unpaired) electrons. The second-order valence-corrected chi connectivity index (χ2v) is 7.44. The third kappa shape index (κ3) is 3.13. The molecule has 0 spiro atoms. The topological polar surface area (TPSA) is 72.6 Å². The minimum Gasteiger partial charge on any atom is -0.491 e. The van der Waals surface area contributed by atoms with Crippen LogP contribution < -0.4 is 10.5 Å². The number of nitrogens with zero attached hydrogens (tertiary/aromatic N) is 1. The lowest BCUT2D eigenvalue weighted by Gasteiger charge is -2.18. The minimum atomic E-state index is -3.44. The summed E-state index contributed by atoms with van der Waals surface area (Å²) < 4.78 is 32.1. The van der Waals surface area contributed by atoms with Crippen LogP contribution in [0, 0.1) is 6.92 Å². The number of benzene rings is 1. The monoisotopic (exact) mass is 298 g/mol. The number of sulfonamides is 1. The van der Waals surface area contributed by atoms with E-state index in [0.717, 1.165) is 11.3 Å². The van der Waals surface area contributed by atoms with Crippen LogP contribution in [0.3, 0.4) is 0 Å². The van der Waals surface area contributed by atoms with Gasteiger partial charge in [-0.2, -0.15) is 4.31 Å². The molecule has 1 heterocycles. The van der Waals surface area contributed by atoms with Crippen LogP contribution >= 0.6 is 0 Å². The van der Waals surface area contributed by atoms with E-state index < -0.39 is 10.0 Å². The summed E-state index contributed by atoms with van der Waals surface area (Å²) >= 11 is 0. The Balaban J connectivity index is 2.27. The second-order valence-electron chi connectivity index (χ2n) is 5.51. The predicted octanol–water partition coefficient (Wildman–Crippen LogP) is 1.50. The van der Waals surface area contributed by atoms with Crippen molar-refractivity contribution in [3.05, 3.63) is 23.8 Å². The average Bonchev–Trinajstić information content (AvgIpc) is 2.78. The number of hydrogen-bond donors (Lipinski definition) is 1. The lowest BCUT2D eigenvalue weighted by molar-refractivity contribution is 0.240. The lowest BCUT2D eigenvalue weighted by Crippen LogP contribution is -2.32. The fraction of sp³-hybridized carbons (Fsp3) is 0.571. The highest BCUT2D eigenvalue weighted by atomic mass is 32.2. The van der Waals surface area contributed by atoms with Crippen LogP contribution in [0.15, 0.2) is 23.1 Å². The third-order valence-electron chi connectivity index (χ3n) is 3.33. The molecule has 0 aromatic heterocycles. The van der Waals surface area contributed by atoms with Gasteiger partial charge in [0.1, 0.15) is 5.75 Å². The Bertz CT molecular complexity index is 584. The highest BCUT2D eigenvalue weighted by Gasteiger charge is 2.31. The van der Waals surface area contributed by atoms with Gasteiger partial charge in [-0.3, -0.25) is 0 Å². The van der Waals surface area contributed by atoms with Gasteiger partial charge < -0.3 is 10.5 Å². The van der Waals surface area contributed by atoms with Crippen molar-refractivity contribution in [3.63, 3.8) is 0 Å². The molecular weight excluding hydrogens is 276 g/mol. The van der Waals surface area contributed by atoms with Crippen molar-refractivity contribution in [2.24, 2.45) is 5.73 Å². The van der Waals surface area contributed by atoms with Gasteiger partial charge in [0.15, 0.2) is 0 Å². The van der Waals surface area contributed by atoms with Crippen LogP contribution in [-0.2, 0) is 10.0 Å². The molecule has 0 aliphatic carbocycles. The first-order valence-electron chi connectivity index (χ1n) is 6.83. The van der Waals surface area contributed by atoms with Gasteiger partial charge in [-0.1, -0.05) is 0 Å². The van der Waals surface area contributed by atoms with Crippen LogP contribution in [0.2, 0.25) is 0 Å². The highest BCUT2D eigenvalue weighted by Crippen LogP contribution is 2.26. The van der Waals surface area contributed by atoms with E-state index in [1.807, 2.05) is 20.8 Å². The van der Waals surface area contributed by atoms with Gasteiger partial charge in [0.2, 0.25) is 10.0 Å². The first kappa shape index (κ1) is 15.3. The maximum atomic E-state index is 12.5.